The number of aromatic nitrogens is 1. The summed E-state index contributed by atoms with van der Waals surface area (Å²) in [5, 5.41) is 13.7. The SMILES string of the molecule is CN(C)CCN=C1NC(Sc2ccccc2)=NC(Nc2ncc(-c3cccs3)s2)N1. The fourth-order valence-electron chi connectivity index (χ4n) is 2.61. The van der Waals surface area contributed by atoms with Crippen molar-refractivity contribution in [3.63, 3.8) is 0 Å². The van der Waals surface area contributed by atoms with Crippen molar-refractivity contribution in [2.45, 2.75) is 11.2 Å². The van der Waals surface area contributed by atoms with Crippen molar-refractivity contribution >= 4 is 50.7 Å². The first kappa shape index (κ1) is 20.9. The Labute approximate surface area is 188 Å². The topological polar surface area (TPSA) is 76.9 Å². The van der Waals surface area contributed by atoms with Gasteiger partial charge in [0.05, 0.1) is 11.4 Å². The summed E-state index contributed by atoms with van der Waals surface area (Å²) in [6.07, 6.45) is 1.55. The summed E-state index contributed by atoms with van der Waals surface area (Å²) >= 11 is 4.91. The molecule has 1 aliphatic rings. The predicted octanol–water partition coefficient (Wildman–Crippen LogP) is 3.83. The van der Waals surface area contributed by atoms with E-state index < -0.39 is 0 Å². The summed E-state index contributed by atoms with van der Waals surface area (Å²) in [4.78, 5) is 19.5. The fraction of sp³-hybridized carbons (Fsp3) is 0.250. The first-order valence-electron chi connectivity index (χ1n) is 9.45. The average Bonchev–Trinajstić information content (AvgIpc) is 3.40. The number of aliphatic imine (C=N–C) groups is 2. The Morgan fingerprint density at radius 3 is 2.80 bits per heavy atom. The Morgan fingerprint density at radius 2 is 2.03 bits per heavy atom. The van der Waals surface area contributed by atoms with E-state index in [0.29, 0.717) is 12.5 Å². The van der Waals surface area contributed by atoms with Crippen LogP contribution in [0.25, 0.3) is 9.75 Å². The van der Waals surface area contributed by atoms with Crippen LogP contribution in [0.3, 0.4) is 0 Å². The highest BCUT2D eigenvalue weighted by molar-refractivity contribution is 8.13. The van der Waals surface area contributed by atoms with Crippen molar-refractivity contribution in [3.05, 3.63) is 54.0 Å². The molecule has 0 fully saturated rings. The van der Waals surface area contributed by atoms with Crippen LogP contribution in [0.2, 0.25) is 0 Å². The molecule has 1 atom stereocenters. The molecule has 3 heterocycles. The van der Waals surface area contributed by atoms with Crippen LogP contribution >= 0.6 is 34.4 Å². The maximum absolute atomic E-state index is 4.76. The van der Waals surface area contributed by atoms with Crippen molar-refractivity contribution in [2.24, 2.45) is 9.98 Å². The number of nitrogens with zero attached hydrogens (tertiary/aromatic N) is 4. The van der Waals surface area contributed by atoms with Gasteiger partial charge in [-0.2, -0.15) is 0 Å². The van der Waals surface area contributed by atoms with Crippen molar-refractivity contribution in [1.29, 1.82) is 0 Å². The third-order valence-electron chi connectivity index (χ3n) is 4.05. The predicted molar refractivity (Wildman–Crippen MR) is 130 cm³/mol. The number of thiazole rings is 1. The molecule has 10 heteroatoms. The Hall–Kier alpha value is -2.40. The molecule has 0 amide bonds. The van der Waals surface area contributed by atoms with Gasteiger partial charge in [-0.1, -0.05) is 47.4 Å². The van der Waals surface area contributed by atoms with Crippen LogP contribution in [0.1, 0.15) is 0 Å². The minimum absolute atomic E-state index is 0.349. The summed E-state index contributed by atoms with van der Waals surface area (Å²) < 4.78 is 0. The second kappa shape index (κ2) is 10.1. The molecule has 3 aromatic rings. The minimum Gasteiger partial charge on any atom is -0.323 e. The monoisotopic (exact) mass is 457 g/mol. The molecule has 0 saturated carbocycles. The zero-order valence-corrected chi connectivity index (χ0v) is 19.2. The number of thiophene rings is 1. The largest absolute Gasteiger partial charge is 0.323 e. The Kier molecular flexibility index (Phi) is 7.00. The molecule has 1 unspecified atom stereocenters. The smallest absolute Gasteiger partial charge is 0.201 e. The summed E-state index contributed by atoms with van der Waals surface area (Å²) in [5.41, 5.74) is 0. The van der Waals surface area contributed by atoms with E-state index in [1.807, 2.05) is 38.5 Å². The van der Waals surface area contributed by atoms with Crippen LogP contribution in [-0.2, 0) is 0 Å². The quantitative estimate of drug-likeness (QED) is 0.501. The Bertz CT molecular complexity index is 997. The van der Waals surface area contributed by atoms with Gasteiger partial charge in [-0.15, -0.1) is 11.3 Å². The van der Waals surface area contributed by atoms with Crippen LogP contribution in [0.5, 0.6) is 0 Å². The lowest BCUT2D eigenvalue weighted by atomic mass is 10.4. The average molecular weight is 458 g/mol. The summed E-state index contributed by atoms with van der Waals surface area (Å²) in [5.74, 6) is 0.706. The standard InChI is InChI=1S/C20H23N7S3/c1-27(2)11-10-21-17-23-18(26-20(24-17)29-14-7-4-3-5-8-14)25-19-22-13-16(30-19)15-9-6-12-28-15/h3-9,12-13,18H,10-11H2,1-2H3,(H,22,25)(H2,21,23,24,26). The third kappa shape index (κ3) is 5.82. The van der Waals surface area contributed by atoms with E-state index in [2.05, 4.69) is 60.5 Å². The first-order chi connectivity index (χ1) is 14.7. The minimum atomic E-state index is -0.349. The van der Waals surface area contributed by atoms with Gasteiger partial charge in [0.2, 0.25) is 12.2 Å². The molecule has 4 rings (SSSR count). The number of likely N-dealkylation sites (N-methyl/N-ethyl adjacent to an activating group) is 1. The molecule has 1 aromatic carbocycles. The van der Waals surface area contributed by atoms with E-state index in [9.17, 15) is 0 Å². The van der Waals surface area contributed by atoms with Crippen LogP contribution in [-0.4, -0.2) is 54.5 Å². The lowest BCUT2D eigenvalue weighted by Crippen LogP contribution is -2.52. The van der Waals surface area contributed by atoms with E-state index in [1.165, 1.54) is 4.88 Å². The summed E-state index contributed by atoms with van der Waals surface area (Å²) in [6, 6.07) is 14.3. The molecule has 0 aliphatic carbocycles. The Balaban J connectivity index is 1.49. The first-order valence-corrected chi connectivity index (χ1v) is 12.0. The lowest BCUT2D eigenvalue weighted by Gasteiger charge is -2.25. The van der Waals surface area contributed by atoms with Crippen LogP contribution in [0.15, 0.2) is 68.9 Å². The second-order valence-corrected chi connectivity index (χ2v) is 9.75. The highest BCUT2D eigenvalue weighted by Crippen LogP contribution is 2.32. The second-order valence-electron chi connectivity index (χ2n) is 6.71. The molecular formula is C20H23N7S3. The summed E-state index contributed by atoms with van der Waals surface area (Å²) in [6.45, 7) is 1.57. The number of hydrogen-bond donors (Lipinski definition) is 3. The number of hydrogen-bond acceptors (Lipinski definition) is 8. The third-order valence-corrected chi connectivity index (χ3v) is 6.95. The number of thioether (sulfide) groups is 1. The highest BCUT2D eigenvalue weighted by atomic mass is 32.2. The van der Waals surface area contributed by atoms with Crippen molar-refractivity contribution in [3.8, 4) is 9.75 Å². The van der Waals surface area contributed by atoms with Gasteiger partial charge in [0, 0.05) is 22.5 Å². The zero-order valence-electron chi connectivity index (χ0n) is 16.7. The number of guanidine groups is 1. The van der Waals surface area contributed by atoms with Gasteiger partial charge in [-0.05, 0) is 37.7 Å². The molecule has 1 aliphatic heterocycles. The van der Waals surface area contributed by atoms with Crippen LogP contribution in [0, 0.1) is 0 Å². The van der Waals surface area contributed by atoms with E-state index in [4.69, 9.17) is 4.99 Å². The van der Waals surface area contributed by atoms with Gasteiger partial charge in [0.1, 0.15) is 0 Å². The number of amidine groups is 1. The molecule has 0 radical (unpaired) electrons. The van der Waals surface area contributed by atoms with E-state index in [-0.39, 0.29) is 6.29 Å². The van der Waals surface area contributed by atoms with Crippen LogP contribution in [0.4, 0.5) is 5.13 Å². The molecule has 0 saturated heterocycles. The van der Waals surface area contributed by atoms with Gasteiger partial charge in [-0.25, -0.2) is 9.98 Å². The Morgan fingerprint density at radius 1 is 1.17 bits per heavy atom. The number of nitrogens with one attached hydrogen (secondary N) is 3. The zero-order chi connectivity index (χ0) is 20.8. The van der Waals surface area contributed by atoms with Gasteiger partial charge in [-0.3, -0.25) is 4.99 Å². The van der Waals surface area contributed by atoms with E-state index >= 15 is 0 Å². The fourth-order valence-corrected chi connectivity index (χ4v) is 5.09. The molecule has 0 bridgehead atoms. The molecule has 30 heavy (non-hydrogen) atoms. The highest BCUT2D eigenvalue weighted by Gasteiger charge is 2.20. The number of anilines is 1. The van der Waals surface area contributed by atoms with Crippen molar-refractivity contribution < 1.29 is 0 Å². The van der Waals surface area contributed by atoms with E-state index in [0.717, 1.165) is 26.6 Å². The molecular weight excluding hydrogens is 434 g/mol. The molecule has 156 valence electrons. The van der Waals surface area contributed by atoms with Crippen molar-refractivity contribution in [2.75, 3.05) is 32.5 Å². The van der Waals surface area contributed by atoms with E-state index in [1.54, 1.807) is 34.4 Å². The lowest BCUT2D eigenvalue weighted by molar-refractivity contribution is 0.420. The maximum atomic E-state index is 4.76. The maximum Gasteiger partial charge on any atom is 0.201 e. The van der Waals surface area contributed by atoms with Gasteiger partial charge in [0.15, 0.2) is 10.3 Å². The molecule has 0 spiro atoms. The normalized spacial score (nSPS) is 17.5. The number of benzene rings is 1. The molecule has 7 nitrogen and oxygen atoms in total. The summed E-state index contributed by atoms with van der Waals surface area (Å²) in [7, 11) is 4.08. The molecule has 2 aromatic heterocycles. The van der Waals surface area contributed by atoms with Crippen molar-refractivity contribution in [1.82, 2.24) is 20.5 Å². The van der Waals surface area contributed by atoms with Gasteiger partial charge in [0.25, 0.3) is 0 Å². The van der Waals surface area contributed by atoms with Gasteiger partial charge < -0.3 is 20.9 Å². The van der Waals surface area contributed by atoms with Gasteiger partial charge >= 0.3 is 0 Å². The number of rotatable bonds is 7. The molecule has 3 N–H and O–H groups in total. The van der Waals surface area contributed by atoms with Crippen LogP contribution < -0.4 is 16.0 Å².